The Morgan fingerprint density at radius 1 is 1.05 bits per heavy atom. The summed E-state index contributed by atoms with van der Waals surface area (Å²) in [5.41, 5.74) is 2.85. The summed E-state index contributed by atoms with van der Waals surface area (Å²) in [7, 11) is 0. The van der Waals surface area contributed by atoms with Crippen LogP contribution >= 0.6 is 15.9 Å². The summed E-state index contributed by atoms with van der Waals surface area (Å²) in [6.07, 6.45) is 0. The van der Waals surface area contributed by atoms with Gasteiger partial charge in [-0.3, -0.25) is 0 Å². The Labute approximate surface area is 128 Å². The third-order valence-electron chi connectivity index (χ3n) is 3.57. The van der Waals surface area contributed by atoms with E-state index in [1.807, 2.05) is 30.3 Å². The number of hydrogen-bond donors (Lipinski definition) is 1. The van der Waals surface area contributed by atoms with Crippen molar-refractivity contribution in [3.8, 4) is 0 Å². The molecule has 0 saturated heterocycles. The largest absolute Gasteiger partial charge is 0.304 e. The minimum atomic E-state index is -0.148. The van der Waals surface area contributed by atoms with E-state index in [1.54, 1.807) is 13.0 Å². The zero-order chi connectivity index (χ0) is 14.7. The third-order valence-corrected chi connectivity index (χ3v) is 4.29. The van der Waals surface area contributed by atoms with Crippen LogP contribution in [-0.4, -0.2) is 0 Å². The zero-order valence-electron chi connectivity index (χ0n) is 12.0. The summed E-state index contributed by atoms with van der Waals surface area (Å²) in [5, 5.41) is 3.50. The van der Waals surface area contributed by atoms with Crippen molar-refractivity contribution in [1.82, 2.24) is 5.32 Å². The molecule has 1 unspecified atom stereocenters. The fourth-order valence-corrected chi connectivity index (χ4v) is 2.89. The van der Waals surface area contributed by atoms with Crippen LogP contribution in [0.2, 0.25) is 0 Å². The van der Waals surface area contributed by atoms with Gasteiger partial charge in [0.2, 0.25) is 0 Å². The van der Waals surface area contributed by atoms with Crippen molar-refractivity contribution >= 4 is 15.9 Å². The molecule has 3 heteroatoms. The van der Waals surface area contributed by atoms with Crippen LogP contribution in [-0.2, 0) is 0 Å². The van der Waals surface area contributed by atoms with E-state index >= 15 is 0 Å². The summed E-state index contributed by atoms with van der Waals surface area (Å²) < 4.78 is 14.7. The lowest BCUT2D eigenvalue weighted by Crippen LogP contribution is -2.22. The molecular formula is C17H19BrFN. The molecule has 20 heavy (non-hydrogen) atoms. The first-order valence-corrected chi connectivity index (χ1v) is 7.55. The first-order chi connectivity index (χ1) is 9.49. The molecule has 1 N–H and O–H groups in total. The van der Waals surface area contributed by atoms with Crippen LogP contribution in [0, 0.1) is 12.7 Å². The molecule has 1 nitrogen and oxygen atoms in total. The van der Waals surface area contributed by atoms with Gasteiger partial charge in [0.1, 0.15) is 5.82 Å². The maximum atomic E-state index is 13.6. The monoisotopic (exact) mass is 335 g/mol. The molecule has 0 fully saturated rings. The number of benzene rings is 2. The van der Waals surface area contributed by atoms with Gasteiger partial charge in [-0.05, 0) is 49.6 Å². The van der Waals surface area contributed by atoms with Gasteiger partial charge in [-0.1, -0.05) is 46.3 Å². The van der Waals surface area contributed by atoms with E-state index in [-0.39, 0.29) is 17.9 Å². The van der Waals surface area contributed by atoms with Gasteiger partial charge in [-0.2, -0.15) is 0 Å². The molecular weight excluding hydrogens is 317 g/mol. The normalized spacial score (nSPS) is 14.1. The van der Waals surface area contributed by atoms with Crippen molar-refractivity contribution in [3.05, 3.63) is 69.4 Å². The summed E-state index contributed by atoms with van der Waals surface area (Å²) >= 11 is 3.56. The average Bonchev–Trinajstić information content (AvgIpc) is 2.42. The van der Waals surface area contributed by atoms with Crippen LogP contribution in [0.5, 0.6) is 0 Å². The van der Waals surface area contributed by atoms with Crippen molar-refractivity contribution in [2.24, 2.45) is 0 Å². The summed E-state index contributed by atoms with van der Waals surface area (Å²) in [5.74, 6) is -0.148. The van der Waals surface area contributed by atoms with E-state index in [0.717, 1.165) is 10.0 Å². The Morgan fingerprint density at radius 2 is 1.75 bits per heavy atom. The molecule has 2 rings (SSSR count). The predicted molar refractivity (Wildman–Crippen MR) is 85.2 cm³/mol. The minimum absolute atomic E-state index is 0.0900. The van der Waals surface area contributed by atoms with Gasteiger partial charge in [0.05, 0.1) is 0 Å². The standard InChI is InChI=1S/C17H19BrFN/c1-11-8-9-14(10-17(11)19)12(2)20-13(3)15-6-4-5-7-16(15)18/h4-10,12-13,20H,1-3H3/t12?,13-/m0/s1. The maximum absolute atomic E-state index is 13.6. The van der Waals surface area contributed by atoms with Gasteiger partial charge < -0.3 is 5.32 Å². The summed E-state index contributed by atoms with van der Waals surface area (Å²) in [6, 6.07) is 13.8. The zero-order valence-corrected chi connectivity index (χ0v) is 13.5. The molecule has 0 aliphatic rings. The maximum Gasteiger partial charge on any atom is 0.126 e. The molecule has 2 aromatic carbocycles. The summed E-state index contributed by atoms with van der Waals surface area (Å²) in [6.45, 7) is 5.94. The highest BCUT2D eigenvalue weighted by molar-refractivity contribution is 9.10. The van der Waals surface area contributed by atoms with Crippen molar-refractivity contribution in [3.63, 3.8) is 0 Å². The Balaban J connectivity index is 2.13. The molecule has 0 aliphatic heterocycles. The topological polar surface area (TPSA) is 12.0 Å². The highest BCUT2D eigenvalue weighted by Gasteiger charge is 2.14. The van der Waals surface area contributed by atoms with Gasteiger partial charge in [-0.25, -0.2) is 4.39 Å². The highest BCUT2D eigenvalue weighted by atomic mass is 79.9. The Hall–Kier alpha value is -1.19. The van der Waals surface area contributed by atoms with E-state index in [0.29, 0.717) is 5.56 Å². The molecule has 0 bridgehead atoms. The Kier molecular flexibility index (Phi) is 4.95. The van der Waals surface area contributed by atoms with Crippen molar-refractivity contribution in [1.29, 1.82) is 0 Å². The number of halogens is 2. The van der Waals surface area contributed by atoms with Crippen molar-refractivity contribution in [2.45, 2.75) is 32.9 Å². The van der Waals surface area contributed by atoms with Gasteiger partial charge >= 0.3 is 0 Å². The van der Waals surface area contributed by atoms with Crippen LogP contribution in [0.15, 0.2) is 46.9 Å². The van der Waals surface area contributed by atoms with E-state index < -0.39 is 0 Å². The molecule has 2 atom stereocenters. The predicted octanol–water partition coefficient (Wildman–Crippen LogP) is 5.31. The van der Waals surface area contributed by atoms with Crippen LogP contribution < -0.4 is 5.32 Å². The second kappa shape index (κ2) is 6.51. The highest BCUT2D eigenvalue weighted by Crippen LogP contribution is 2.26. The first-order valence-electron chi connectivity index (χ1n) is 6.75. The second-order valence-corrected chi connectivity index (χ2v) is 5.99. The Bertz CT molecular complexity index is 597. The number of aryl methyl sites for hydroxylation is 1. The molecule has 0 saturated carbocycles. The van der Waals surface area contributed by atoms with Gasteiger partial charge in [0.15, 0.2) is 0 Å². The lowest BCUT2D eigenvalue weighted by Gasteiger charge is -2.22. The van der Waals surface area contributed by atoms with E-state index in [2.05, 4.69) is 41.2 Å². The smallest absolute Gasteiger partial charge is 0.126 e. The van der Waals surface area contributed by atoms with Gasteiger partial charge in [0, 0.05) is 16.6 Å². The van der Waals surface area contributed by atoms with Crippen LogP contribution in [0.25, 0.3) is 0 Å². The molecule has 0 aliphatic carbocycles. The number of rotatable bonds is 4. The van der Waals surface area contributed by atoms with Crippen LogP contribution in [0.1, 0.15) is 42.6 Å². The fraction of sp³-hybridized carbons (Fsp3) is 0.294. The lowest BCUT2D eigenvalue weighted by molar-refractivity contribution is 0.490. The molecule has 0 radical (unpaired) electrons. The molecule has 106 valence electrons. The minimum Gasteiger partial charge on any atom is -0.304 e. The van der Waals surface area contributed by atoms with E-state index in [1.165, 1.54) is 5.56 Å². The van der Waals surface area contributed by atoms with Gasteiger partial charge in [-0.15, -0.1) is 0 Å². The summed E-state index contributed by atoms with van der Waals surface area (Å²) in [4.78, 5) is 0. The Morgan fingerprint density at radius 3 is 2.40 bits per heavy atom. The molecule has 0 aromatic heterocycles. The second-order valence-electron chi connectivity index (χ2n) is 5.14. The quantitative estimate of drug-likeness (QED) is 0.798. The fourth-order valence-electron chi connectivity index (χ4n) is 2.27. The van der Waals surface area contributed by atoms with Gasteiger partial charge in [0.25, 0.3) is 0 Å². The molecule has 0 heterocycles. The third kappa shape index (κ3) is 3.47. The van der Waals surface area contributed by atoms with Crippen LogP contribution in [0.4, 0.5) is 4.39 Å². The number of hydrogen-bond acceptors (Lipinski definition) is 1. The van der Waals surface area contributed by atoms with Crippen LogP contribution in [0.3, 0.4) is 0 Å². The number of nitrogens with one attached hydrogen (secondary N) is 1. The lowest BCUT2D eigenvalue weighted by atomic mass is 10.0. The van der Waals surface area contributed by atoms with E-state index in [9.17, 15) is 4.39 Å². The van der Waals surface area contributed by atoms with E-state index in [4.69, 9.17) is 0 Å². The average molecular weight is 336 g/mol. The molecule has 0 amide bonds. The van der Waals surface area contributed by atoms with Crippen molar-refractivity contribution in [2.75, 3.05) is 0 Å². The SMILES string of the molecule is Cc1ccc(C(C)N[C@@H](C)c2ccccc2Br)cc1F. The molecule has 2 aromatic rings. The first kappa shape index (κ1) is 15.2. The van der Waals surface area contributed by atoms with Crippen molar-refractivity contribution < 1.29 is 4.39 Å². The molecule has 0 spiro atoms.